The molecule has 0 spiro atoms. The fourth-order valence-electron chi connectivity index (χ4n) is 2.33. The molecule has 0 amide bonds. The van der Waals surface area contributed by atoms with Gasteiger partial charge in [0.15, 0.2) is 0 Å². The molecule has 1 fully saturated rings. The van der Waals surface area contributed by atoms with Crippen LogP contribution in [0.1, 0.15) is 5.56 Å². The lowest BCUT2D eigenvalue weighted by atomic mass is 10.1. The van der Waals surface area contributed by atoms with Gasteiger partial charge in [-0.3, -0.25) is 0 Å². The third-order valence-corrected chi connectivity index (χ3v) is 3.76. The number of hydrogen-bond donors (Lipinski definition) is 1. The molecule has 4 nitrogen and oxygen atoms in total. The summed E-state index contributed by atoms with van der Waals surface area (Å²) in [5, 5.41) is 3.95. The molecular weight excluding hydrogens is 264 g/mol. The molecule has 106 valence electrons. The molecule has 5 heteroatoms. The van der Waals surface area contributed by atoms with Crippen LogP contribution in [0.5, 0.6) is 11.5 Å². The summed E-state index contributed by atoms with van der Waals surface area (Å²) in [6.45, 7) is 5.38. The van der Waals surface area contributed by atoms with Crippen molar-refractivity contribution in [3.63, 3.8) is 0 Å². The molecule has 1 saturated heterocycles. The third kappa shape index (κ3) is 3.75. The number of rotatable bonds is 5. The van der Waals surface area contributed by atoms with Crippen LogP contribution in [-0.4, -0.2) is 51.8 Å². The molecule has 0 bridgehead atoms. The second-order valence-corrected chi connectivity index (χ2v) is 5.05. The van der Waals surface area contributed by atoms with Gasteiger partial charge in [0.1, 0.15) is 11.5 Å². The van der Waals surface area contributed by atoms with E-state index in [0.29, 0.717) is 10.8 Å². The van der Waals surface area contributed by atoms with Crippen molar-refractivity contribution in [3.8, 4) is 11.5 Å². The van der Waals surface area contributed by atoms with Crippen molar-refractivity contribution in [2.24, 2.45) is 0 Å². The van der Waals surface area contributed by atoms with Gasteiger partial charge < -0.3 is 19.7 Å². The van der Waals surface area contributed by atoms with Crippen molar-refractivity contribution in [3.05, 3.63) is 22.7 Å². The predicted octanol–water partition coefficient (Wildman–Crippen LogP) is 1.80. The molecule has 1 aliphatic heterocycles. The van der Waals surface area contributed by atoms with Gasteiger partial charge in [-0.2, -0.15) is 0 Å². The normalized spacial score (nSPS) is 16.4. The first-order valence-corrected chi connectivity index (χ1v) is 6.96. The van der Waals surface area contributed by atoms with Crippen LogP contribution in [0, 0.1) is 0 Å². The number of nitrogens with one attached hydrogen (secondary N) is 1. The summed E-state index contributed by atoms with van der Waals surface area (Å²) in [7, 11) is 3.31. The zero-order valence-electron chi connectivity index (χ0n) is 11.5. The van der Waals surface area contributed by atoms with Crippen molar-refractivity contribution < 1.29 is 9.47 Å². The van der Waals surface area contributed by atoms with Crippen LogP contribution >= 0.6 is 11.6 Å². The van der Waals surface area contributed by atoms with E-state index >= 15 is 0 Å². The number of ether oxygens (including phenoxy) is 2. The number of hydrogen-bond acceptors (Lipinski definition) is 4. The van der Waals surface area contributed by atoms with Gasteiger partial charge in [-0.05, 0) is 18.1 Å². The van der Waals surface area contributed by atoms with E-state index in [1.807, 2.05) is 12.1 Å². The van der Waals surface area contributed by atoms with Crippen LogP contribution in [-0.2, 0) is 6.42 Å². The van der Waals surface area contributed by atoms with Gasteiger partial charge in [-0.25, -0.2) is 0 Å². The van der Waals surface area contributed by atoms with Crippen LogP contribution in [0.25, 0.3) is 0 Å². The Labute approximate surface area is 119 Å². The Morgan fingerprint density at radius 1 is 1.16 bits per heavy atom. The first-order chi connectivity index (χ1) is 9.24. The molecule has 0 aromatic heterocycles. The van der Waals surface area contributed by atoms with Crippen molar-refractivity contribution >= 4 is 11.6 Å². The fourth-order valence-corrected chi connectivity index (χ4v) is 2.56. The average Bonchev–Trinajstić information content (AvgIpc) is 2.46. The van der Waals surface area contributed by atoms with Crippen LogP contribution in [0.3, 0.4) is 0 Å². The highest BCUT2D eigenvalue weighted by molar-refractivity contribution is 6.32. The minimum Gasteiger partial charge on any atom is -0.496 e. The van der Waals surface area contributed by atoms with Gasteiger partial charge in [0, 0.05) is 38.8 Å². The predicted molar refractivity (Wildman–Crippen MR) is 77.6 cm³/mol. The van der Waals surface area contributed by atoms with Gasteiger partial charge in [-0.1, -0.05) is 11.6 Å². The van der Waals surface area contributed by atoms with Gasteiger partial charge in [0.25, 0.3) is 0 Å². The minimum absolute atomic E-state index is 0.588. The molecule has 2 rings (SSSR count). The van der Waals surface area contributed by atoms with Crippen molar-refractivity contribution in [1.82, 2.24) is 10.2 Å². The highest BCUT2D eigenvalue weighted by atomic mass is 35.5. The van der Waals surface area contributed by atoms with Gasteiger partial charge in [0.2, 0.25) is 0 Å². The maximum absolute atomic E-state index is 6.11. The molecule has 0 radical (unpaired) electrons. The number of piperazine rings is 1. The van der Waals surface area contributed by atoms with E-state index in [2.05, 4.69) is 10.2 Å². The summed E-state index contributed by atoms with van der Waals surface area (Å²) in [5.74, 6) is 1.54. The Bertz CT molecular complexity index is 420. The molecule has 1 N–H and O–H groups in total. The van der Waals surface area contributed by atoms with E-state index in [1.165, 1.54) is 0 Å². The Morgan fingerprint density at radius 2 is 1.84 bits per heavy atom. The standard InChI is InChI=1S/C14H21ClN2O2/c1-18-13-10-12(15)14(19-2)9-11(13)3-6-17-7-4-16-5-8-17/h9-10,16H,3-8H2,1-2H3. The van der Waals surface area contributed by atoms with Crippen LogP contribution in [0.2, 0.25) is 5.02 Å². The monoisotopic (exact) mass is 284 g/mol. The number of nitrogens with zero attached hydrogens (tertiary/aromatic N) is 1. The quantitative estimate of drug-likeness (QED) is 0.894. The summed E-state index contributed by atoms with van der Waals surface area (Å²) in [6.07, 6.45) is 0.941. The smallest absolute Gasteiger partial charge is 0.137 e. The minimum atomic E-state index is 0.588. The second kappa shape index (κ2) is 6.98. The largest absolute Gasteiger partial charge is 0.496 e. The molecule has 0 saturated carbocycles. The van der Waals surface area contributed by atoms with Crippen molar-refractivity contribution in [1.29, 1.82) is 0 Å². The molecule has 1 heterocycles. The lowest BCUT2D eigenvalue weighted by Crippen LogP contribution is -2.44. The Hall–Kier alpha value is -0.970. The lowest BCUT2D eigenvalue weighted by molar-refractivity contribution is 0.243. The molecular formula is C14H21ClN2O2. The van der Waals surface area contributed by atoms with Crippen molar-refractivity contribution in [2.45, 2.75) is 6.42 Å². The molecule has 0 atom stereocenters. The van der Waals surface area contributed by atoms with Crippen LogP contribution in [0.4, 0.5) is 0 Å². The maximum atomic E-state index is 6.11. The Kier molecular flexibility index (Phi) is 5.31. The summed E-state index contributed by atoms with van der Waals surface area (Å²) < 4.78 is 10.7. The van der Waals surface area contributed by atoms with Gasteiger partial charge >= 0.3 is 0 Å². The second-order valence-electron chi connectivity index (χ2n) is 4.64. The van der Waals surface area contributed by atoms with Crippen molar-refractivity contribution in [2.75, 3.05) is 46.9 Å². The first-order valence-electron chi connectivity index (χ1n) is 6.58. The van der Waals surface area contributed by atoms with Crippen LogP contribution < -0.4 is 14.8 Å². The van der Waals surface area contributed by atoms with Crippen LogP contribution in [0.15, 0.2) is 12.1 Å². The highest BCUT2D eigenvalue weighted by Crippen LogP contribution is 2.32. The summed E-state index contributed by atoms with van der Waals surface area (Å²) in [6, 6.07) is 3.80. The summed E-state index contributed by atoms with van der Waals surface area (Å²) in [5.41, 5.74) is 1.14. The first kappa shape index (κ1) is 14.4. The summed E-state index contributed by atoms with van der Waals surface area (Å²) in [4.78, 5) is 2.46. The SMILES string of the molecule is COc1cc(CCN2CCNCC2)c(OC)cc1Cl. The molecule has 0 unspecified atom stereocenters. The average molecular weight is 285 g/mol. The Morgan fingerprint density at radius 3 is 2.47 bits per heavy atom. The zero-order chi connectivity index (χ0) is 13.7. The van der Waals surface area contributed by atoms with Gasteiger partial charge in [-0.15, -0.1) is 0 Å². The van der Waals surface area contributed by atoms with E-state index in [1.54, 1.807) is 14.2 Å². The number of halogens is 1. The topological polar surface area (TPSA) is 33.7 Å². The molecule has 1 aliphatic rings. The van der Waals surface area contributed by atoms with E-state index in [-0.39, 0.29) is 0 Å². The maximum Gasteiger partial charge on any atom is 0.137 e. The number of methoxy groups -OCH3 is 2. The molecule has 1 aromatic carbocycles. The van der Waals surface area contributed by atoms with E-state index < -0.39 is 0 Å². The lowest BCUT2D eigenvalue weighted by Gasteiger charge is -2.27. The molecule has 1 aromatic rings. The number of benzene rings is 1. The zero-order valence-corrected chi connectivity index (χ0v) is 12.3. The van der Waals surface area contributed by atoms with E-state index in [9.17, 15) is 0 Å². The summed E-state index contributed by atoms with van der Waals surface area (Å²) >= 11 is 6.11. The molecule has 0 aliphatic carbocycles. The Balaban J connectivity index is 2.05. The van der Waals surface area contributed by atoms with Gasteiger partial charge in [0.05, 0.1) is 19.2 Å². The third-order valence-electron chi connectivity index (χ3n) is 3.46. The highest BCUT2D eigenvalue weighted by Gasteiger charge is 2.13. The van der Waals surface area contributed by atoms with E-state index in [4.69, 9.17) is 21.1 Å². The fraction of sp³-hybridized carbons (Fsp3) is 0.571. The van der Waals surface area contributed by atoms with E-state index in [0.717, 1.165) is 50.5 Å². The molecule has 19 heavy (non-hydrogen) atoms.